The summed E-state index contributed by atoms with van der Waals surface area (Å²) in [5, 5.41) is 0. The first-order valence-electron chi connectivity index (χ1n) is 2.11. The average molecular weight is 333 g/mol. The van der Waals surface area contributed by atoms with Crippen LogP contribution in [0.5, 0.6) is 0 Å². The van der Waals surface area contributed by atoms with Crippen LogP contribution in [0.1, 0.15) is 2.85 Å². The summed E-state index contributed by atoms with van der Waals surface area (Å²) in [7, 11) is 0. The van der Waals surface area contributed by atoms with Crippen molar-refractivity contribution in [1.82, 2.24) is 15.0 Å². The van der Waals surface area contributed by atoms with E-state index >= 15 is 0 Å². The standard InChI is InChI=1S/C3H3N3S3.2Na.6H2O.2H/c7-1-4-2(8)6-3(9)5-1;;;;;;;;;;/h(H3,4,5,6,7,8,9);;;6*1H2;;/q;2*+1;;;;;;;2*-1. The fraction of sp³-hybridized carbons (Fsp3) is 0. The van der Waals surface area contributed by atoms with Gasteiger partial charge in [0.05, 0.1) is 0 Å². The van der Waals surface area contributed by atoms with E-state index in [9.17, 15) is 0 Å². The van der Waals surface area contributed by atoms with Gasteiger partial charge in [-0.1, -0.05) is 0 Å². The summed E-state index contributed by atoms with van der Waals surface area (Å²) < 4.78 is 1.34. The third-order valence-corrected chi connectivity index (χ3v) is 1.29. The maximum Gasteiger partial charge on any atom is 1.00 e. The second-order valence-corrected chi connectivity index (χ2v) is 2.59. The Balaban J connectivity index is -0.0000000101. The normalized spacial score (nSPS) is 4.94. The largest absolute Gasteiger partial charge is 1.00 e. The van der Waals surface area contributed by atoms with Crippen molar-refractivity contribution in [2.24, 2.45) is 0 Å². The topological polar surface area (TPSA) is 236 Å². The van der Waals surface area contributed by atoms with Crippen molar-refractivity contribution in [2.75, 3.05) is 0 Å². The molecule has 14 heteroatoms. The van der Waals surface area contributed by atoms with Crippen molar-refractivity contribution >= 4 is 36.7 Å². The first-order chi connectivity index (χ1) is 4.18. The van der Waals surface area contributed by atoms with Gasteiger partial charge >= 0.3 is 59.1 Å². The molecule has 0 aliphatic carbocycles. The number of aromatic amines is 3. The summed E-state index contributed by atoms with van der Waals surface area (Å²) in [5.74, 6) is 0. The molecule has 17 heavy (non-hydrogen) atoms. The van der Waals surface area contributed by atoms with Crippen LogP contribution in [0.2, 0.25) is 0 Å². The van der Waals surface area contributed by atoms with Gasteiger partial charge in [0.25, 0.3) is 0 Å². The molecule has 0 saturated heterocycles. The molecule has 1 heterocycles. The Labute approximate surface area is 159 Å². The maximum atomic E-state index is 4.72. The molecule has 9 nitrogen and oxygen atoms in total. The molecule has 15 N–H and O–H groups in total. The zero-order valence-electron chi connectivity index (χ0n) is 11.2. The van der Waals surface area contributed by atoms with Crippen LogP contribution in [-0.4, -0.2) is 47.8 Å². The van der Waals surface area contributed by atoms with Gasteiger partial charge in [0, 0.05) is 0 Å². The predicted octanol–water partition coefficient (Wildman–Crippen LogP) is -8.86. The van der Waals surface area contributed by atoms with Crippen LogP contribution in [-0.2, 0) is 0 Å². The summed E-state index contributed by atoms with van der Waals surface area (Å²) in [5.41, 5.74) is 0. The van der Waals surface area contributed by atoms with Crippen LogP contribution in [0.15, 0.2) is 0 Å². The minimum Gasteiger partial charge on any atom is -1.00 e. The molecule has 0 saturated carbocycles. The van der Waals surface area contributed by atoms with Crippen LogP contribution in [0, 0.1) is 14.3 Å². The van der Waals surface area contributed by atoms with Crippen LogP contribution in [0.4, 0.5) is 0 Å². The van der Waals surface area contributed by atoms with Crippen LogP contribution < -0.4 is 59.1 Å². The number of H-pyrrole nitrogens is 3. The third-order valence-electron chi connectivity index (χ3n) is 0.681. The first-order valence-corrected chi connectivity index (χ1v) is 3.34. The van der Waals surface area contributed by atoms with Gasteiger partial charge in [0.15, 0.2) is 14.3 Å². The van der Waals surface area contributed by atoms with E-state index in [1.165, 1.54) is 0 Å². The molecule has 0 unspecified atom stereocenters. The van der Waals surface area contributed by atoms with Gasteiger partial charge in [-0.05, 0) is 36.7 Å². The fourth-order valence-electron chi connectivity index (χ4n) is 0.403. The van der Waals surface area contributed by atoms with E-state index < -0.39 is 0 Å². The van der Waals surface area contributed by atoms with Gasteiger partial charge < -0.3 is 50.7 Å². The fourth-order valence-corrected chi connectivity index (χ4v) is 1.21. The van der Waals surface area contributed by atoms with Crippen molar-refractivity contribution in [3.8, 4) is 0 Å². The average Bonchev–Trinajstić information content (AvgIpc) is 1.59. The molecule has 0 radical (unpaired) electrons. The molecule has 0 bridgehead atoms. The molecular formula is C3H17N3Na2O6S3. The van der Waals surface area contributed by atoms with Crippen molar-refractivity contribution in [1.29, 1.82) is 0 Å². The monoisotopic (exact) mass is 333 g/mol. The molecule has 0 aromatic carbocycles. The Hall–Kier alpha value is 1.43. The molecule has 0 spiro atoms. The summed E-state index contributed by atoms with van der Waals surface area (Å²) in [6.07, 6.45) is 0. The second kappa shape index (κ2) is 26.1. The Morgan fingerprint density at radius 3 is 0.765 bits per heavy atom. The Morgan fingerprint density at radius 2 is 0.647 bits per heavy atom. The zero-order chi connectivity index (χ0) is 6.85. The van der Waals surface area contributed by atoms with Gasteiger partial charge in [0.2, 0.25) is 0 Å². The smallest absolute Gasteiger partial charge is 1.00 e. The Kier molecular flexibility index (Phi) is 79.0. The molecule has 0 fully saturated rings. The van der Waals surface area contributed by atoms with E-state index in [1.54, 1.807) is 0 Å². The number of nitrogens with one attached hydrogen (secondary N) is 3. The summed E-state index contributed by atoms with van der Waals surface area (Å²) in [6, 6.07) is 0. The van der Waals surface area contributed by atoms with Crippen molar-refractivity contribution in [3.63, 3.8) is 0 Å². The van der Waals surface area contributed by atoms with E-state index in [4.69, 9.17) is 36.7 Å². The molecule has 0 atom stereocenters. The minimum atomic E-state index is 0. The predicted molar refractivity (Wildman–Crippen MR) is 65.9 cm³/mol. The first kappa shape index (κ1) is 51.5. The van der Waals surface area contributed by atoms with Gasteiger partial charge in [-0.3, -0.25) is 0 Å². The van der Waals surface area contributed by atoms with Gasteiger partial charge in [0.1, 0.15) is 0 Å². The number of hydrogen-bond donors (Lipinski definition) is 3. The van der Waals surface area contributed by atoms with Crippen LogP contribution >= 0.6 is 36.7 Å². The van der Waals surface area contributed by atoms with Crippen LogP contribution in [0.25, 0.3) is 0 Å². The molecule has 100 valence electrons. The number of rotatable bonds is 0. The second-order valence-electron chi connectivity index (χ2n) is 1.36. The van der Waals surface area contributed by atoms with Gasteiger partial charge in [-0.2, -0.15) is 0 Å². The Morgan fingerprint density at radius 1 is 0.529 bits per heavy atom. The molecule has 0 aliphatic rings. The molecule has 0 amide bonds. The van der Waals surface area contributed by atoms with Crippen molar-refractivity contribution < 1.29 is 94.8 Å². The summed E-state index contributed by atoms with van der Waals surface area (Å²) >= 11 is 14.2. The van der Waals surface area contributed by atoms with E-state index in [0.29, 0.717) is 14.3 Å². The molecular weight excluding hydrogens is 316 g/mol. The third kappa shape index (κ3) is 23.0. The summed E-state index contributed by atoms with van der Waals surface area (Å²) in [6.45, 7) is 0. The molecule has 0 aliphatic heterocycles. The minimum absolute atomic E-state index is 0. The van der Waals surface area contributed by atoms with Gasteiger partial charge in [-0.25, -0.2) is 0 Å². The van der Waals surface area contributed by atoms with E-state index in [1.807, 2.05) is 0 Å². The van der Waals surface area contributed by atoms with Crippen molar-refractivity contribution in [3.05, 3.63) is 14.3 Å². The molecule has 1 aromatic rings. The molecule has 1 rings (SSSR count). The van der Waals surface area contributed by atoms with E-state index in [-0.39, 0.29) is 94.8 Å². The van der Waals surface area contributed by atoms with Crippen molar-refractivity contribution in [2.45, 2.75) is 0 Å². The molecule has 1 aromatic heterocycles. The quantitative estimate of drug-likeness (QED) is 0.310. The number of hydrogen-bond acceptors (Lipinski definition) is 3. The number of aromatic nitrogens is 3. The van der Waals surface area contributed by atoms with Crippen LogP contribution in [0.3, 0.4) is 0 Å². The van der Waals surface area contributed by atoms with E-state index in [0.717, 1.165) is 0 Å². The Bertz CT molecular complexity index is 309. The summed E-state index contributed by atoms with van der Waals surface area (Å²) in [4.78, 5) is 7.99. The van der Waals surface area contributed by atoms with E-state index in [2.05, 4.69) is 15.0 Å². The van der Waals surface area contributed by atoms with Gasteiger partial charge in [-0.15, -0.1) is 0 Å². The maximum absolute atomic E-state index is 4.72. The SMILES string of the molecule is O.O.O.O.O.O.S=c1[nH]c(=S)[nH]c(=S)[nH]1.[H-].[H-].[Na+].[Na+]. The zero-order valence-corrected chi connectivity index (χ0v) is 15.7.